The lowest BCUT2D eigenvalue weighted by Gasteiger charge is -2.17. The van der Waals surface area contributed by atoms with Gasteiger partial charge in [-0.3, -0.25) is 28.3 Å². The number of hydrogen-bond acceptors (Lipinski definition) is 5. The van der Waals surface area contributed by atoms with Gasteiger partial charge in [0.25, 0.3) is 22.2 Å². The van der Waals surface area contributed by atoms with Crippen LogP contribution in [-0.2, 0) is 13.6 Å². The van der Waals surface area contributed by atoms with Crippen molar-refractivity contribution in [3.05, 3.63) is 65.7 Å². The highest BCUT2D eigenvalue weighted by atomic mass is 16.2. The summed E-state index contributed by atoms with van der Waals surface area (Å²) in [7, 11) is 1.39. The van der Waals surface area contributed by atoms with Gasteiger partial charge >= 0.3 is 0 Å². The van der Waals surface area contributed by atoms with E-state index in [1.165, 1.54) is 11.6 Å². The van der Waals surface area contributed by atoms with Crippen molar-refractivity contribution in [2.75, 3.05) is 19.6 Å². The first-order valence-corrected chi connectivity index (χ1v) is 10.4. The molecule has 0 unspecified atom stereocenters. The maximum absolute atomic E-state index is 13.5. The zero-order valence-corrected chi connectivity index (χ0v) is 17.6. The molecule has 0 bridgehead atoms. The Balaban J connectivity index is 2.02. The van der Waals surface area contributed by atoms with Crippen LogP contribution in [0.3, 0.4) is 0 Å². The smallest absolute Gasteiger partial charge is 0.263 e. The second-order valence-corrected chi connectivity index (χ2v) is 7.88. The molecule has 8 heteroatoms. The van der Waals surface area contributed by atoms with Crippen molar-refractivity contribution in [3.63, 3.8) is 0 Å². The molecule has 0 fully saturated rings. The monoisotopic (exact) mass is 418 g/mol. The number of benzene rings is 2. The van der Waals surface area contributed by atoms with E-state index in [1.807, 2.05) is 38.1 Å². The molecule has 3 heterocycles. The van der Waals surface area contributed by atoms with Gasteiger partial charge in [-0.05, 0) is 19.2 Å². The van der Waals surface area contributed by atoms with Gasteiger partial charge < -0.3 is 9.88 Å². The Kier molecular flexibility index (Phi) is 4.23. The van der Waals surface area contributed by atoms with Crippen LogP contribution in [0.15, 0.2) is 43.4 Å². The van der Waals surface area contributed by atoms with Crippen molar-refractivity contribution in [2.24, 2.45) is 7.05 Å². The quantitative estimate of drug-likeness (QED) is 0.466. The predicted octanol–water partition coefficient (Wildman–Crippen LogP) is 1.43. The molecule has 0 atom stereocenters. The van der Waals surface area contributed by atoms with Crippen LogP contribution in [-0.4, -0.2) is 38.7 Å². The maximum Gasteiger partial charge on any atom is 0.263 e. The molecule has 0 saturated carbocycles. The van der Waals surface area contributed by atoms with E-state index in [0.29, 0.717) is 17.4 Å². The minimum absolute atomic E-state index is 0.0326. The Labute approximate surface area is 175 Å². The molecule has 0 aliphatic heterocycles. The number of aromatic nitrogens is 3. The standard InChI is InChI=1S/C23H22N4O4/c1-4-26(5-2)10-11-27-22(30)15-14-12-8-6-7-9-13(12)24-19(14)18-17(16(15)23(27)31)20(28)25(3)21(18)29/h6-9,24H,4-5,10-11H2,1-3H3. The Bertz CT molecular complexity index is 1710. The average Bonchev–Trinajstić information content (AvgIpc) is 3.34. The van der Waals surface area contributed by atoms with E-state index in [9.17, 15) is 19.2 Å². The molecule has 0 saturated heterocycles. The number of likely N-dealkylation sites (N-methyl/N-ethyl adjacent to an activating group) is 1. The minimum atomic E-state index is -0.552. The number of nitrogens with one attached hydrogen (secondary N) is 1. The Morgan fingerprint density at radius 2 is 1.39 bits per heavy atom. The van der Waals surface area contributed by atoms with Gasteiger partial charge in [0.15, 0.2) is 0 Å². The van der Waals surface area contributed by atoms with Gasteiger partial charge in [0.05, 0.1) is 27.1 Å². The van der Waals surface area contributed by atoms with Crippen LogP contribution < -0.4 is 22.2 Å². The summed E-state index contributed by atoms with van der Waals surface area (Å²) >= 11 is 0. The first-order chi connectivity index (χ1) is 14.9. The molecule has 0 amide bonds. The predicted molar refractivity (Wildman–Crippen MR) is 123 cm³/mol. The number of nitrogens with zero attached hydrogens (tertiary/aromatic N) is 3. The van der Waals surface area contributed by atoms with Crippen molar-refractivity contribution >= 4 is 43.4 Å². The van der Waals surface area contributed by atoms with Crippen LogP contribution >= 0.6 is 0 Å². The fourth-order valence-corrected chi connectivity index (χ4v) is 4.72. The van der Waals surface area contributed by atoms with Crippen LogP contribution in [0.4, 0.5) is 0 Å². The molecule has 3 aromatic heterocycles. The lowest BCUT2D eigenvalue weighted by molar-refractivity contribution is 0.288. The van der Waals surface area contributed by atoms with Crippen molar-refractivity contribution in [2.45, 2.75) is 20.4 Å². The summed E-state index contributed by atoms with van der Waals surface area (Å²) in [5.74, 6) is 0. The Morgan fingerprint density at radius 3 is 2.06 bits per heavy atom. The first kappa shape index (κ1) is 19.4. The van der Waals surface area contributed by atoms with Gasteiger partial charge in [-0.25, -0.2) is 0 Å². The molecule has 2 aromatic carbocycles. The van der Waals surface area contributed by atoms with Crippen LogP contribution in [0.5, 0.6) is 0 Å². The maximum atomic E-state index is 13.5. The number of rotatable bonds is 5. The third-order valence-electron chi connectivity index (χ3n) is 6.45. The number of para-hydroxylation sites is 1. The van der Waals surface area contributed by atoms with Gasteiger partial charge in [-0.1, -0.05) is 32.0 Å². The molecule has 0 aliphatic carbocycles. The molecule has 0 aliphatic rings. The Morgan fingerprint density at radius 1 is 0.806 bits per heavy atom. The van der Waals surface area contributed by atoms with E-state index >= 15 is 0 Å². The third-order valence-corrected chi connectivity index (χ3v) is 6.45. The van der Waals surface area contributed by atoms with Gasteiger partial charge in [-0.2, -0.15) is 0 Å². The summed E-state index contributed by atoms with van der Waals surface area (Å²) in [5.41, 5.74) is -0.773. The fourth-order valence-electron chi connectivity index (χ4n) is 4.72. The topological polar surface area (TPSA) is 97.2 Å². The highest BCUT2D eigenvalue weighted by Crippen LogP contribution is 2.34. The molecular formula is C23H22N4O4. The summed E-state index contributed by atoms with van der Waals surface area (Å²) in [6, 6.07) is 7.38. The zero-order valence-electron chi connectivity index (χ0n) is 17.6. The van der Waals surface area contributed by atoms with Crippen molar-refractivity contribution in [3.8, 4) is 0 Å². The summed E-state index contributed by atoms with van der Waals surface area (Å²) in [6.07, 6.45) is 0. The van der Waals surface area contributed by atoms with Crippen molar-refractivity contribution in [1.82, 2.24) is 19.0 Å². The van der Waals surface area contributed by atoms with Crippen LogP contribution in [0, 0.1) is 0 Å². The molecule has 158 valence electrons. The highest BCUT2D eigenvalue weighted by Gasteiger charge is 2.27. The van der Waals surface area contributed by atoms with E-state index in [4.69, 9.17) is 0 Å². The number of fused-ring (bicyclic) bond motifs is 8. The fraction of sp³-hybridized carbons (Fsp3) is 0.304. The van der Waals surface area contributed by atoms with Crippen molar-refractivity contribution in [1.29, 1.82) is 0 Å². The van der Waals surface area contributed by atoms with Gasteiger partial charge in [-0.15, -0.1) is 0 Å². The zero-order chi connectivity index (χ0) is 22.0. The number of H-pyrrole nitrogens is 1. The summed E-state index contributed by atoms with van der Waals surface area (Å²) in [4.78, 5) is 58.1. The number of hydrogen-bond donors (Lipinski definition) is 1. The van der Waals surface area contributed by atoms with Gasteiger partial charge in [0.2, 0.25) is 0 Å². The largest absolute Gasteiger partial charge is 0.354 e. The van der Waals surface area contributed by atoms with Gasteiger partial charge in [0.1, 0.15) is 0 Å². The van der Waals surface area contributed by atoms with E-state index in [-0.39, 0.29) is 28.1 Å². The molecule has 0 spiro atoms. The van der Waals surface area contributed by atoms with Gasteiger partial charge in [0, 0.05) is 36.4 Å². The van der Waals surface area contributed by atoms with E-state index < -0.39 is 22.2 Å². The molecule has 31 heavy (non-hydrogen) atoms. The SMILES string of the molecule is CCN(CC)CCn1c(=O)c2c3c(=O)n(C)c(=O)c3c3[nH]c4ccccc4c3c2c1=O. The van der Waals surface area contributed by atoms with E-state index in [0.717, 1.165) is 28.6 Å². The second kappa shape index (κ2) is 6.75. The first-order valence-electron chi connectivity index (χ1n) is 10.4. The lowest BCUT2D eigenvalue weighted by Crippen LogP contribution is -2.33. The summed E-state index contributed by atoms with van der Waals surface area (Å²) < 4.78 is 2.22. The summed E-state index contributed by atoms with van der Waals surface area (Å²) in [5, 5.41) is 1.75. The van der Waals surface area contributed by atoms with Crippen LogP contribution in [0.2, 0.25) is 0 Å². The molecule has 0 radical (unpaired) electrons. The molecular weight excluding hydrogens is 396 g/mol. The molecule has 5 aromatic rings. The second-order valence-electron chi connectivity index (χ2n) is 7.88. The summed E-state index contributed by atoms with van der Waals surface area (Å²) in [6.45, 7) is 6.43. The highest BCUT2D eigenvalue weighted by molar-refractivity contribution is 6.31. The van der Waals surface area contributed by atoms with Crippen molar-refractivity contribution < 1.29 is 0 Å². The van der Waals surface area contributed by atoms with Crippen LogP contribution in [0.1, 0.15) is 13.8 Å². The third kappa shape index (κ3) is 2.45. The van der Waals surface area contributed by atoms with E-state index in [2.05, 4.69) is 9.88 Å². The molecule has 1 N–H and O–H groups in total. The normalized spacial score (nSPS) is 12.4. The molecule has 5 rings (SSSR count). The Hall–Kier alpha value is -3.52. The van der Waals surface area contributed by atoms with Crippen LogP contribution in [0.25, 0.3) is 43.4 Å². The average molecular weight is 418 g/mol. The minimum Gasteiger partial charge on any atom is -0.354 e. The number of aromatic amines is 1. The lowest BCUT2D eigenvalue weighted by atomic mass is 10.0. The molecule has 8 nitrogen and oxygen atoms in total. The van der Waals surface area contributed by atoms with E-state index in [1.54, 1.807) is 0 Å².